The van der Waals surface area contributed by atoms with Crippen molar-refractivity contribution in [3.8, 4) is 0 Å². The molecule has 0 radical (unpaired) electrons. The van der Waals surface area contributed by atoms with Crippen molar-refractivity contribution in [1.82, 2.24) is 4.98 Å². The van der Waals surface area contributed by atoms with E-state index in [1.165, 1.54) is 24.0 Å². The lowest BCUT2D eigenvalue weighted by atomic mass is 10.2. The van der Waals surface area contributed by atoms with Gasteiger partial charge in [-0.3, -0.25) is 4.98 Å². The minimum Gasteiger partial charge on any atom is -0.473 e. The van der Waals surface area contributed by atoms with Gasteiger partial charge in [0.25, 0.3) is 0 Å². The predicted molar refractivity (Wildman–Crippen MR) is 89.7 cm³/mol. The van der Waals surface area contributed by atoms with Crippen LogP contribution in [0.25, 0.3) is 5.70 Å². The molecule has 0 spiro atoms. The molecule has 1 heterocycles. The lowest BCUT2D eigenvalue weighted by Crippen LogP contribution is -2.41. The Morgan fingerprint density at radius 1 is 1.28 bits per heavy atom. The number of nitrogens with two attached hydrogens (primary N) is 2. The molecule has 0 aliphatic carbocycles. The lowest BCUT2D eigenvalue weighted by Gasteiger charge is -2.19. The van der Waals surface area contributed by atoms with Gasteiger partial charge in [0.05, 0.1) is 11.4 Å². The fraction of sp³-hybridized carbons (Fsp3) is 0.357. The maximum absolute atomic E-state index is 12.7. The summed E-state index contributed by atoms with van der Waals surface area (Å²) in [6.07, 6.45) is -1.98. The molecular weight excluding hydrogens is 433 g/mol. The van der Waals surface area contributed by atoms with Crippen LogP contribution in [-0.2, 0) is 4.74 Å². The summed E-state index contributed by atoms with van der Waals surface area (Å²) in [6, 6.07) is 1.80. The van der Waals surface area contributed by atoms with Crippen molar-refractivity contribution in [1.29, 1.82) is 0 Å². The SMILES string of the molecule is CCSc1cc(Br)cnc1/C(N)=C/C=C(\N)OCC(F)(F)C(F)(F)F. The molecule has 1 aromatic heterocycles. The smallest absolute Gasteiger partial charge is 0.456 e. The van der Waals surface area contributed by atoms with E-state index in [0.29, 0.717) is 5.69 Å². The first-order chi connectivity index (χ1) is 11.5. The number of halogens is 6. The van der Waals surface area contributed by atoms with Crippen LogP contribution in [0.15, 0.2) is 39.7 Å². The third kappa shape index (κ3) is 6.38. The highest BCUT2D eigenvalue weighted by molar-refractivity contribution is 9.10. The van der Waals surface area contributed by atoms with Gasteiger partial charge in [0.15, 0.2) is 12.5 Å². The van der Waals surface area contributed by atoms with Crippen molar-refractivity contribution in [3.63, 3.8) is 0 Å². The summed E-state index contributed by atoms with van der Waals surface area (Å²) in [5, 5.41) is 0. The molecule has 0 bridgehead atoms. The number of ether oxygens (including phenoxy) is 1. The summed E-state index contributed by atoms with van der Waals surface area (Å²) in [4.78, 5) is 4.92. The van der Waals surface area contributed by atoms with E-state index in [1.54, 1.807) is 6.07 Å². The largest absolute Gasteiger partial charge is 0.473 e. The minimum atomic E-state index is -5.71. The summed E-state index contributed by atoms with van der Waals surface area (Å²) in [5.74, 6) is -4.88. The van der Waals surface area contributed by atoms with Crippen LogP contribution < -0.4 is 11.5 Å². The van der Waals surface area contributed by atoms with E-state index in [1.807, 2.05) is 6.92 Å². The van der Waals surface area contributed by atoms with E-state index in [0.717, 1.165) is 21.2 Å². The molecule has 0 aliphatic heterocycles. The van der Waals surface area contributed by atoms with Gasteiger partial charge in [0.2, 0.25) is 0 Å². The van der Waals surface area contributed by atoms with Gasteiger partial charge in [-0.05, 0) is 39.9 Å². The summed E-state index contributed by atoms with van der Waals surface area (Å²) >= 11 is 4.76. The van der Waals surface area contributed by atoms with Gasteiger partial charge in [-0.25, -0.2) is 0 Å². The molecule has 0 unspecified atom stereocenters. The van der Waals surface area contributed by atoms with Crippen molar-refractivity contribution in [2.45, 2.75) is 23.9 Å². The normalized spacial score (nSPS) is 13.9. The van der Waals surface area contributed by atoms with E-state index in [2.05, 4.69) is 25.7 Å². The lowest BCUT2D eigenvalue weighted by molar-refractivity contribution is -0.293. The van der Waals surface area contributed by atoms with Gasteiger partial charge in [-0.2, -0.15) is 22.0 Å². The Hall–Kier alpha value is -1.49. The second-order valence-electron chi connectivity index (χ2n) is 4.62. The Morgan fingerprint density at radius 2 is 1.92 bits per heavy atom. The van der Waals surface area contributed by atoms with E-state index in [4.69, 9.17) is 11.5 Å². The molecule has 0 aromatic carbocycles. The highest BCUT2D eigenvalue weighted by Gasteiger charge is 2.58. The predicted octanol–water partition coefficient (Wildman–Crippen LogP) is 4.27. The number of aromatic nitrogens is 1. The van der Waals surface area contributed by atoms with Gasteiger partial charge in [0.1, 0.15) is 0 Å². The minimum absolute atomic E-state index is 0.151. The topological polar surface area (TPSA) is 74.2 Å². The van der Waals surface area contributed by atoms with Crippen LogP contribution in [0.5, 0.6) is 0 Å². The Labute approximate surface area is 153 Å². The highest BCUT2D eigenvalue weighted by Crippen LogP contribution is 2.35. The second kappa shape index (κ2) is 8.75. The average Bonchev–Trinajstić information content (AvgIpc) is 2.50. The van der Waals surface area contributed by atoms with Crippen LogP contribution in [0.4, 0.5) is 22.0 Å². The van der Waals surface area contributed by atoms with Gasteiger partial charge < -0.3 is 16.2 Å². The standard InChI is InChI=1S/C14H15BrF5N3OS/c1-2-25-10-5-8(15)6-23-12(10)9(21)3-4-11(22)24-7-13(16,17)14(18,19)20/h3-6H,2,7,21-22H2,1H3/b9-3-,11-4+. The summed E-state index contributed by atoms with van der Waals surface area (Å²) in [5.41, 5.74) is 11.7. The van der Waals surface area contributed by atoms with Crippen LogP contribution in [0.1, 0.15) is 12.6 Å². The molecule has 0 aliphatic rings. The molecule has 4 N–H and O–H groups in total. The van der Waals surface area contributed by atoms with E-state index >= 15 is 0 Å². The monoisotopic (exact) mass is 447 g/mol. The maximum atomic E-state index is 12.7. The highest BCUT2D eigenvalue weighted by atomic mass is 79.9. The summed E-state index contributed by atoms with van der Waals surface area (Å²) in [6.45, 7) is 0.0157. The Bertz CT molecular complexity index is 664. The Morgan fingerprint density at radius 3 is 2.48 bits per heavy atom. The van der Waals surface area contributed by atoms with Crippen molar-refractivity contribution in [2.75, 3.05) is 12.4 Å². The molecule has 1 rings (SSSR count). The molecular formula is C14H15BrF5N3OS. The first kappa shape index (κ1) is 21.6. The quantitative estimate of drug-likeness (QED) is 0.282. The van der Waals surface area contributed by atoms with Crippen molar-refractivity contribution < 1.29 is 26.7 Å². The van der Waals surface area contributed by atoms with Gasteiger partial charge >= 0.3 is 12.1 Å². The first-order valence-electron chi connectivity index (χ1n) is 6.77. The fourth-order valence-corrected chi connectivity index (χ4v) is 2.77. The molecule has 0 fully saturated rings. The molecule has 4 nitrogen and oxygen atoms in total. The number of nitrogens with zero attached hydrogens (tertiary/aromatic N) is 1. The Kier molecular flexibility index (Phi) is 7.54. The van der Waals surface area contributed by atoms with Gasteiger partial charge in [-0.15, -0.1) is 11.8 Å². The zero-order valence-electron chi connectivity index (χ0n) is 12.9. The molecule has 11 heteroatoms. The molecule has 140 valence electrons. The number of thioether (sulfide) groups is 1. The van der Waals surface area contributed by atoms with E-state index < -0.39 is 24.6 Å². The van der Waals surface area contributed by atoms with Crippen LogP contribution in [0.3, 0.4) is 0 Å². The van der Waals surface area contributed by atoms with Gasteiger partial charge in [-0.1, -0.05) is 6.92 Å². The number of hydrogen-bond donors (Lipinski definition) is 2. The summed E-state index contributed by atoms with van der Waals surface area (Å²) in [7, 11) is 0. The zero-order valence-corrected chi connectivity index (χ0v) is 15.3. The third-order valence-electron chi connectivity index (χ3n) is 2.65. The van der Waals surface area contributed by atoms with Crippen molar-refractivity contribution >= 4 is 33.4 Å². The third-order valence-corrected chi connectivity index (χ3v) is 4.00. The summed E-state index contributed by atoms with van der Waals surface area (Å²) < 4.78 is 66.6. The number of alkyl halides is 5. The number of allylic oxidation sites excluding steroid dienone is 2. The van der Waals surface area contributed by atoms with Crippen LogP contribution >= 0.6 is 27.7 Å². The number of rotatable bonds is 7. The first-order valence-corrected chi connectivity index (χ1v) is 8.54. The zero-order chi connectivity index (χ0) is 19.3. The molecule has 0 saturated heterocycles. The fourth-order valence-electron chi connectivity index (χ4n) is 1.46. The van der Waals surface area contributed by atoms with Crippen molar-refractivity contribution in [2.24, 2.45) is 11.5 Å². The number of hydrogen-bond acceptors (Lipinski definition) is 5. The van der Waals surface area contributed by atoms with Crippen LogP contribution in [0.2, 0.25) is 0 Å². The van der Waals surface area contributed by atoms with E-state index in [9.17, 15) is 22.0 Å². The molecule has 1 aromatic rings. The molecule has 0 saturated carbocycles. The average molecular weight is 448 g/mol. The van der Waals surface area contributed by atoms with Crippen LogP contribution in [0, 0.1) is 0 Å². The molecule has 25 heavy (non-hydrogen) atoms. The molecule has 0 amide bonds. The van der Waals surface area contributed by atoms with E-state index in [-0.39, 0.29) is 5.70 Å². The van der Waals surface area contributed by atoms with Crippen molar-refractivity contribution in [3.05, 3.63) is 40.5 Å². The molecule has 0 atom stereocenters. The second-order valence-corrected chi connectivity index (χ2v) is 6.84. The van der Waals surface area contributed by atoms with Gasteiger partial charge in [0, 0.05) is 15.6 Å². The maximum Gasteiger partial charge on any atom is 0.456 e. The van der Waals surface area contributed by atoms with Crippen LogP contribution in [-0.4, -0.2) is 29.4 Å². The Balaban J connectivity index is 2.88. The number of pyridine rings is 1.